The van der Waals surface area contributed by atoms with Crippen molar-refractivity contribution in [3.63, 3.8) is 0 Å². The van der Waals surface area contributed by atoms with Crippen LogP contribution >= 0.6 is 47.0 Å². The van der Waals surface area contributed by atoms with Gasteiger partial charge in [-0.25, -0.2) is 0 Å². The first-order valence-electron chi connectivity index (χ1n) is 10.0. The lowest BCUT2D eigenvalue weighted by molar-refractivity contribution is 1.26. The number of hydrogen-bond acceptors (Lipinski definition) is 8. The molecule has 0 aliphatic rings. The van der Waals surface area contributed by atoms with Crippen LogP contribution in [0.1, 0.15) is 0 Å². The predicted molar refractivity (Wildman–Crippen MR) is 140 cm³/mol. The van der Waals surface area contributed by atoms with Crippen LogP contribution in [0.3, 0.4) is 0 Å². The number of hydrogen-bond donors (Lipinski definition) is 0. The average molecular weight is 497 g/mol. The molecule has 0 saturated carbocycles. The van der Waals surface area contributed by atoms with Gasteiger partial charge in [-0.05, 0) is 48.5 Å². The van der Waals surface area contributed by atoms with Gasteiger partial charge in [0.25, 0.3) is 0 Å². The summed E-state index contributed by atoms with van der Waals surface area (Å²) in [6.07, 6.45) is 14.7. The van der Waals surface area contributed by atoms with Crippen molar-refractivity contribution in [2.75, 3.05) is 23.0 Å². The molecule has 4 aromatic heterocycles. The molecule has 8 heteroatoms. The number of thioether (sulfide) groups is 4. The molecule has 0 atom stereocenters. The fourth-order valence-corrected chi connectivity index (χ4v) is 5.91. The van der Waals surface area contributed by atoms with Gasteiger partial charge >= 0.3 is 0 Å². The molecule has 164 valence electrons. The molecule has 0 aliphatic carbocycles. The van der Waals surface area contributed by atoms with Gasteiger partial charge in [0, 0.05) is 92.2 Å². The summed E-state index contributed by atoms with van der Waals surface area (Å²) in [6.45, 7) is 0. The summed E-state index contributed by atoms with van der Waals surface area (Å²) >= 11 is 7.45. The minimum Gasteiger partial charge on any atom is -0.265 e. The third kappa shape index (κ3) is 10.5. The highest BCUT2D eigenvalue weighted by Gasteiger charge is 1.96. The van der Waals surface area contributed by atoms with E-state index in [2.05, 4.69) is 19.9 Å². The van der Waals surface area contributed by atoms with E-state index in [1.807, 2.05) is 145 Å². The topological polar surface area (TPSA) is 51.6 Å². The second kappa shape index (κ2) is 15.7. The molecule has 0 unspecified atom stereocenters. The normalized spacial score (nSPS) is 10.2. The fourth-order valence-electron chi connectivity index (χ4n) is 2.38. The summed E-state index contributed by atoms with van der Waals surface area (Å²) < 4.78 is 0. The summed E-state index contributed by atoms with van der Waals surface area (Å²) in [5.41, 5.74) is 0. The van der Waals surface area contributed by atoms with Gasteiger partial charge in [-0.1, -0.05) is 0 Å². The molecular formula is C24H24N4S4. The molecular weight excluding hydrogens is 473 g/mol. The van der Waals surface area contributed by atoms with Crippen molar-refractivity contribution in [1.82, 2.24) is 19.9 Å². The van der Waals surface area contributed by atoms with Crippen molar-refractivity contribution < 1.29 is 0 Å². The first-order valence-corrected chi connectivity index (χ1v) is 14.0. The van der Waals surface area contributed by atoms with Gasteiger partial charge in [0.05, 0.1) is 0 Å². The van der Waals surface area contributed by atoms with Crippen molar-refractivity contribution in [1.29, 1.82) is 0 Å². The van der Waals surface area contributed by atoms with Crippen LogP contribution in [0.25, 0.3) is 0 Å². The molecule has 0 amide bonds. The van der Waals surface area contributed by atoms with Gasteiger partial charge in [-0.15, -0.1) is 47.0 Å². The Morgan fingerprint density at radius 1 is 0.344 bits per heavy atom. The minimum absolute atomic E-state index is 1.11. The summed E-state index contributed by atoms with van der Waals surface area (Å²) in [4.78, 5) is 21.1. The predicted octanol–water partition coefficient (Wildman–Crippen LogP) is 6.72. The Hall–Kier alpha value is -2.00. The lowest BCUT2D eigenvalue weighted by atomic mass is 10.5. The molecule has 0 radical (unpaired) electrons. The lowest BCUT2D eigenvalue weighted by Gasteiger charge is -2.01. The van der Waals surface area contributed by atoms with Crippen molar-refractivity contribution in [2.45, 2.75) is 19.6 Å². The number of rotatable bonds is 10. The van der Waals surface area contributed by atoms with Gasteiger partial charge in [-0.2, -0.15) is 0 Å². The number of nitrogens with zero attached hydrogens (tertiary/aromatic N) is 4. The van der Waals surface area contributed by atoms with E-state index in [1.54, 1.807) is 0 Å². The van der Waals surface area contributed by atoms with Crippen LogP contribution in [0.2, 0.25) is 0 Å². The zero-order chi connectivity index (χ0) is 22.1. The van der Waals surface area contributed by atoms with Crippen molar-refractivity contribution >= 4 is 47.0 Å². The Labute approximate surface area is 206 Å². The highest BCUT2D eigenvalue weighted by molar-refractivity contribution is 8.03. The molecule has 4 rings (SSSR count). The standard InChI is InChI=1S/2C12H12N2S2/c2*1-5-13-6-2-11(1)15-9-10-16-12-3-7-14-8-4-12/h2*1-8H,9-10H2. The Balaban J connectivity index is 0.000000181. The number of aromatic nitrogens is 4. The Morgan fingerprint density at radius 2 is 0.531 bits per heavy atom. The summed E-state index contributed by atoms with van der Waals surface area (Å²) in [5.74, 6) is 4.43. The summed E-state index contributed by atoms with van der Waals surface area (Å²) in [5, 5.41) is 0. The second-order valence-corrected chi connectivity index (χ2v) is 10.8. The van der Waals surface area contributed by atoms with Gasteiger partial charge in [0.15, 0.2) is 0 Å². The molecule has 0 aromatic carbocycles. The van der Waals surface area contributed by atoms with E-state index in [0.717, 1.165) is 23.0 Å². The summed E-state index contributed by atoms with van der Waals surface area (Å²) in [6, 6.07) is 16.3. The Bertz CT molecular complexity index is 812. The molecule has 4 aromatic rings. The number of pyridine rings is 4. The van der Waals surface area contributed by atoms with Crippen LogP contribution in [-0.2, 0) is 0 Å². The second-order valence-electron chi connectivity index (χ2n) is 6.13. The molecule has 0 bridgehead atoms. The van der Waals surface area contributed by atoms with E-state index in [-0.39, 0.29) is 0 Å². The van der Waals surface area contributed by atoms with Crippen molar-refractivity contribution in [3.05, 3.63) is 98.1 Å². The maximum Gasteiger partial charge on any atom is 0.0278 e. The molecule has 4 nitrogen and oxygen atoms in total. The van der Waals surface area contributed by atoms with Crippen LogP contribution < -0.4 is 0 Å². The van der Waals surface area contributed by atoms with E-state index in [4.69, 9.17) is 0 Å². The van der Waals surface area contributed by atoms with Crippen LogP contribution in [0.5, 0.6) is 0 Å². The van der Waals surface area contributed by atoms with Crippen molar-refractivity contribution in [3.8, 4) is 0 Å². The van der Waals surface area contributed by atoms with E-state index < -0.39 is 0 Å². The molecule has 32 heavy (non-hydrogen) atoms. The van der Waals surface area contributed by atoms with Crippen LogP contribution in [-0.4, -0.2) is 42.9 Å². The van der Waals surface area contributed by atoms with Crippen molar-refractivity contribution in [2.24, 2.45) is 0 Å². The van der Waals surface area contributed by atoms with Gasteiger partial charge < -0.3 is 0 Å². The van der Waals surface area contributed by atoms with Gasteiger partial charge in [0.1, 0.15) is 0 Å². The van der Waals surface area contributed by atoms with Crippen LogP contribution in [0.15, 0.2) is 118 Å². The minimum atomic E-state index is 1.11. The highest BCUT2D eigenvalue weighted by Crippen LogP contribution is 2.22. The van der Waals surface area contributed by atoms with Gasteiger partial charge in [-0.3, -0.25) is 19.9 Å². The quantitative estimate of drug-likeness (QED) is 0.177. The van der Waals surface area contributed by atoms with E-state index >= 15 is 0 Å². The zero-order valence-corrected chi connectivity index (χ0v) is 20.8. The average Bonchev–Trinajstić information content (AvgIpc) is 2.88. The van der Waals surface area contributed by atoms with E-state index in [0.29, 0.717) is 0 Å². The molecule has 0 fully saturated rings. The fraction of sp³-hybridized carbons (Fsp3) is 0.167. The van der Waals surface area contributed by atoms with Crippen LogP contribution in [0.4, 0.5) is 0 Å². The third-order valence-corrected chi connectivity index (χ3v) is 8.41. The summed E-state index contributed by atoms with van der Waals surface area (Å²) in [7, 11) is 0. The molecule has 0 aliphatic heterocycles. The smallest absolute Gasteiger partial charge is 0.0278 e. The lowest BCUT2D eigenvalue weighted by Crippen LogP contribution is -1.84. The Morgan fingerprint density at radius 3 is 0.719 bits per heavy atom. The molecule has 0 N–H and O–H groups in total. The monoisotopic (exact) mass is 496 g/mol. The third-order valence-electron chi connectivity index (χ3n) is 3.84. The molecule has 4 heterocycles. The first kappa shape index (κ1) is 24.6. The Kier molecular flexibility index (Phi) is 12.1. The zero-order valence-electron chi connectivity index (χ0n) is 17.5. The first-order chi connectivity index (χ1) is 15.9. The highest BCUT2D eigenvalue weighted by atomic mass is 32.2. The van der Waals surface area contributed by atoms with E-state index in [1.165, 1.54) is 19.6 Å². The van der Waals surface area contributed by atoms with Crippen LogP contribution in [0, 0.1) is 0 Å². The molecule has 0 saturated heterocycles. The van der Waals surface area contributed by atoms with E-state index in [9.17, 15) is 0 Å². The SMILES string of the molecule is c1cc(SCCSc2ccncc2)ccn1.c1cc(SCCSc2ccncc2)ccn1. The molecule has 0 spiro atoms. The van der Waals surface area contributed by atoms with Gasteiger partial charge in [0.2, 0.25) is 0 Å². The maximum absolute atomic E-state index is 4.00. The largest absolute Gasteiger partial charge is 0.265 e. The maximum atomic E-state index is 4.00.